The van der Waals surface area contributed by atoms with E-state index in [1.165, 1.54) is 46.1 Å². The maximum atomic E-state index is 13.2. The summed E-state index contributed by atoms with van der Waals surface area (Å²) in [5, 5.41) is 0.248. The smallest absolute Gasteiger partial charge is 0.261 e. The molecule has 0 aliphatic carbocycles. The topological polar surface area (TPSA) is 55.2 Å². The Labute approximate surface area is 142 Å². The Morgan fingerprint density at radius 3 is 2.52 bits per heavy atom. The van der Waals surface area contributed by atoms with Crippen LogP contribution < -0.4 is 5.56 Å². The van der Waals surface area contributed by atoms with Gasteiger partial charge in [-0.1, -0.05) is 12.1 Å². The van der Waals surface area contributed by atoms with Gasteiger partial charge in [-0.15, -0.1) is 0 Å². The molecule has 0 fully saturated rings. The van der Waals surface area contributed by atoms with Crippen LogP contribution in [-0.2, 0) is 17.9 Å². The monoisotopic (exact) mass is 343 g/mol. The molecule has 1 aromatic heterocycles. The van der Waals surface area contributed by atoms with Crippen molar-refractivity contribution in [3.8, 4) is 0 Å². The van der Waals surface area contributed by atoms with Crippen molar-refractivity contribution in [2.75, 3.05) is 7.05 Å². The Morgan fingerprint density at radius 2 is 1.80 bits per heavy atom. The molecular weight excluding hydrogens is 328 g/mol. The molecule has 2 aromatic carbocycles. The Balaban J connectivity index is 1.77. The second kappa shape index (κ2) is 6.80. The molecule has 7 heteroatoms. The number of nitrogens with zero attached hydrogens (tertiary/aromatic N) is 3. The molecule has 0 saturated heterocycles. The van der Waals surface area contributed by atoms with E-state index in [4.69, 9.17) is 0 Å². The minimum Gasteiger partial charge on any atom is -0.340 e. The minimum absolute atomic E-state index is 0.184. The average Bonchev–Trinajstić information content (AvgIpc) is 2.59. The average molecular weight is 343 g/mol. The number of carbonyl (C=O) groups is 1. The largest absolute Gasteiger partial charge is 0.340 e. The molecule has 0 bridgehead atoms. The van der Waals surface area contributed by atoms with Crippen molar-refractivity contribution in [1.82, 2.24) is 14.5 Å². The lowest BCUT2D eigenvalue weighted by molar-refractivity contribution is -0.131. The van der Waals surface area contributed by atoms with E-state index in [1.54, 1.807) is 19.2 Å². The van der Waals surface area contributed by atoms with Gasteiger partial charge in [-0.05, 0) is 29.8 Å². The molecular formula is C18H15F2N3O2. The molecule has 0 spiro atoms. The van der Waals surface area contributed by atoms with E-state index in [2.05, 4.69) is 4.98 Å². The van der Waals surface area contributed by atoms with Gasteiger partial charge in [-0.25, -0.2) is 13.8 Å². The van der Waals surface area contributed by atoms with Crippen LogP contribution in [0.25, 0.3) is 10.9 Å². The van der Waals surface area contributed by atoms with E-state index < -0.39 is 11.4 Å². The van der Waals surface area contributed by atoms with Crippen LogP contribution in [-0.4, -0.2) is 27.4 Å². The van der Waals surface area contributed by atoms with Crippen LogP contribution in [0.1, 0.15) is 5.56 Å². The molecule has 0 atom stereocenters. The van der Waals surface area contributed by atoms with E-state index in [-0.39, 0.29) is 29.2 Å². The van der Waals surface area contributed by atoms with Gasteiger partial charge in [-0.3, -0.25) is 14.2 Å². The summed E-state index contributed by atoms with van der Waals surface area (Å²) in [6.45, 7) is 0.108. The van der Waals surface area contributed by atoms with E-state index in [0.29, 0.717) is 6.54 Å². The summed E-state index contributed by atoms with van der Waals surface area (Å²) in [4.78, 5) is 30.2. The van der Waals surface area contributed by atoms with Crippen molar-refractivity contribution in [2.45, 2.75) is 13.1 Å². The second-order valence-corrected chi connectivity index (χ2v) is 5.72. The summed E-state index contributed by atoms with van der Waals surface area (Å²) in [7, 11) is 1.60. The summed E-state index contributed by atoms with van der Waals surface area (Å²) in [6.07, 6.45) is 1.23. The van der Waals surface area contributed by atoms with Crippen LogP contribution in [0.5, 0.6) is 0 Å². The van der Waals surface area contributed by atoms with Crippen molar-refractivity contribution >= 4 is 16.8 Å². The molecule has 3 aromatic rings. The zero-order chi connectivity index (χ0) is 18.0. The number of amides is 1. The second-order valence-electron chi connectivity index (χ2n) is 5.72. The first kappa shape index (κ1) is 16.8. The van der Waals surface area contributed by atoms with Crippen molar-refractivity contribution in [1.29, 1.82) is 0 Å². The van der Waals surface area contributed by atoms with Crippen molar-refractivity contribution in [3.63, 3.8) is 0 Å². The number of rotatable bonds is 4. The van der Waals surface area contributed by atoms with Gasteiger partial charge in [0.15, 0.2) is 0 Å². The number of aromatic nitrogens is 2. The number of halogens is 2. The Bertz CT molecular complexity index is 984. The lowest BCUT2D eigenvalue weighted by atomic mass is 10.2. The van der Waals surface area contributed by atoms with Crippen LogP contribution >= 0.6 is 0 Å². The van der Waals surface area contributed by atoms with Crippen LogP contribution in [0.4, 0.5) is 8.78 Å². The number of fused-ring (bicyclic) bond motifs is 1. The van der Waals surface area contributed by atoms with Gasteiger partial charge in [-0.2, -0.15) is 0 Å². The highest BCUT2D eigenvalue weighted by Crippen LogP contribution is 2.09. The fourth-order valence-corrected chi connectivity index (χ4v) is 2.46. The SMILES string of the molecule is CN(Cc1ccc(F)cc1)C(=O)Cn1cnc2cc(F)ccc2c1=O. The number of hydrogen-bond donors (Lipinski definition) is 0. The van der Waals surface area contributed by atoms with Gasteiger partial charge in [0.05, 0.1) is 17.2 Å². The zero-order valence-electron chi connectivity index (χ0n) is 13.4. The summed E-state index contributed by atoms with van der Waals surface area (Å²) in [5.41, 5.74) is 0.610. The van der Waals surface area contributed by atoms with E-state index in [0.717, 1.165) is 5.56 Å². The highest BCUT2D eigenvalue weighted by molar-refractivity contribution is 5.79. The first-order valence-corrected chi connectivity index (χ1v) is 7.57. The van der Waals surface area contributed by atoms with Crippen LogP contribution in [0, 0.1) is 11.6 Å². The Kier molecular flexibility index (Phi) is 4.56. The third-order valence-corrected chi connectivity index (χ3v) is 3.85. The molecule has 5 nitrogen and oxygen atoms in total. The lowest BCUT2D eigenvalue weighted by Gasteiger charge is -2.18. The van der Waals surface area contributed by atoms with Crippen molar-refractivity contribution < 1.29 is 13.6 Å². The fraction of sp³-hybridized carbons (Fsp3) is 0.167. The predicted octanol–water partition coefficient (Wildman–Crippen LogP) is 2.33. The van der Waals surface area contributed by atoms with Crippen LogP contribution in [0.2, 0.25) is 0 Å². The van der Waals surface area contributed by atoms with Gasteiger partial charge < -0.3 is 4.90 Å². The van der Waals surface area contributed by atoms with Crippen molar-refractivity contribution in [2.24, 2.45) is 0 Å². The highest BCUT2D eigenvalue weighted by Gasteiger charge is 2.13. The van der Waals surface area contributed by atoms with Crippen molar-refractivity contribution in [3.05, 3.63) is 76.3 Å². The first-order valence-electron chi connectivity index (χ1n) is 7.57. The third kappa shape index (κ3) is 3.71. The molecule has 0 N–H and O–H groups in total. The summed E-state index contributed by atoms with van der Waals surface area (Å²) in [5.74, 6) is -1.12. The van der Waals surface area contributed by atoms with Gasteiger partial charge in [0.2, 0.25) is 5.91 Å². The molecule has 3 rings (SSSR count). The fourth-order valence-electron chi connectivity index (χ4n) is 2.46. The van der Waals surface area contributed by atoms with Crippen LogP contribution in [0.3, 0.4) is 0 Å². The normalized spacial score (nSPS) is 10.8. The molecule has 1 amide bonds. The molecule has 0 radical (unpaired) electrons. The Hall–Kier alpha value is -3.09. The Morgan fingerprint density at radius 1 is 1.12 bits per heavy atom. The van der Waals surface area contributed by atoms with Crippen LogP contribution in [0.15, 0.2) is 53.6 Å². The summed E-state index contributed by atoms with van der Waals surface area (Å²) >= 11 is 0. The molecule has 128 valence electrons. The van der Waals surface area contributed by atoms with Gasteiger partial charge in [0, 0.05) is 19.7 Å². The molecule has 0 aliphatic rings. The maximum Gasteiger partial charge on any atom is 0.261 e. The van der Waals surface area contributed by atoms with E-state index in [1.807, 2.05) is 0 Å². The molecule has 0 saturated carbocycles. The van der Waals surface area contributed by atoms with E-state index in [9.17, 15) is 18.4 Å². The highest BCUT2D eigenvalue weighted by atomic mass is 19.1. The summed E-state index contributed by atoms with van der Waals surface area (Å²) in [6, 6.07) is 9.54. The molecule has 1 heterocycles. The maximum absolute atomic E-state index is 13.2. The van der Waals surface area contributed by atoms with E-state index >= 15 is 0 Å². The number of hydrogen-bond acceptors (Lipinski definition) is 3. The number of benzene rings is 2. The molecule has 0 aliphatic heterocycles. The number of carbonyl (C=O) groups excluding carboxylic acids is 1. The number of likely N-dealkylation sites (N-methyl/N-ethyl adjacent to an activating group) is 1. The quantitative estimate of drug-likeness (QED) is 0.731. The predicted molar refractivity (Wildman–Crippen MR) is 88.8 cm³/mol. The van der Waals surface area contributed by atoms with Gasteiger partial charge in [0.1, 0.15) is 18.2 Å². The zero-order valence-corrected chi connectivity index (χ0v) is 13.4. The van der Waals surface area contributed by atoms with Gasteiger partial charge in [0.25, 0.3) is 5.56 Å². The molecule has 25 heavy (non-hydrogen) atoms. The standard InChI is InChI=1S/C18H15F2N3O2/c1-22(9-12-2-4-13(19)5-3-12)17(24)10-23-11-21-16-8-14(20)6-7-15(16)18(23)25/h2-8,11H,9-10H2,1H3. The molecule has 0 unspecified atom stereocenters. The summed E-state index contributed by atoms with van der Waals surface area (Å²) < 4.78 is 27.3. The third-order valence-electron chi connectivity index (χ3n) is 3.85. The lowest BCUT2D eigenvalue weighted by Crippen LogP contribution is -2.33. The first-order chi connectivity index (χ1) is 11.9. The minimum atomic E-state index is -0.479. The van der Waals surface area contributed by atoms with Gasteiger partial charge >= 0.3 is 0 Å².